The lowest BCUT2D eigenvalue weighted by atomic mass is 9.77. The van der Waals surface area contributed by atoms with E-state index >= 15 is 0 Å². The van der Waals surface area contributed by atoms with Crippen molar-refractivity contribution in [1.82, 2.24) is 9.88 Å². The van der Waals surface area contributed by atoms with E-state index in [2.05, 4.69) is 10.3 Å². The Hall–Kier alpha value is -3.00. The number of thioether (sulfide) groups is 1. The number of aliphatic imine (C=N–C) groups is 1. The quantitative estimate of drug-likeness (QED) is 0.499. The largest absolute Gasteiger partial charge is 0.345 e. The van der Waals surface area contributed by atoms with Gasteiger partial charge in [-0.05, 0) is 56.4 Å². The average Bonchev–Trinajstić information content (AvgIpc) is 3.19. The first-order valence-corrected chi connectivity index (χ1v) is 12.9. The molecule has 182 valence electrons. The first-order valence-electron chi connectivity index (χ1n) is 11.9. The predicted molar refractivity (Wildman–Crippen MR) is 136 cm³/mol. The zero-order chi connectivity index (χ0) is 24.7. The number of benzene rings is 2. The molecule has 1 N–H and O–H groups in total. The normalized spacial score (nSPS) is 18.9. The SMILES string of the molecule is CC1=NC(Cn2c(C)c(C(=O)NC(c3cccc(F)c3)C3CCC3)c3cccc(F)c3c2=O)CS1. The molecule has 1 fully saturated rings. The van der Waals surface area contributed by atoms with Gasteiger partial charge < -0.3 is 9.88 Å². The summed E-state index contributed by atoms with van der Waals surface area (Å²) in [5.41, 5.74) is 0.989. The number of fused-ring (bicyclic) bond motifs is 1. The molecule has 5 rings (SSSR count). The average molecular weight is 496 g/mol. The van der Waals surface area contributed by atoms with Crippen LogP contribution in [0.1, 0.15) is 53.8 Å². The molecular formula is C27H27F2N3O2S. The summed E-state index contributed by atoms with van der Waals surface area (Å²) in [4.78, 5) is 31.7. The zero-order valence-corrected chi connectivity index (χ0v) is 20.5. The number of hydrogen-bond acceptors (Lipinski definition) is 4. The molecule has 2 heterocycles. The van der Waals surface area contributed by atoms with Crippen molar-refractivity contribution >= 4 is 33.5 Å². The third-order valence-electron chi connectivity index (χ3n) is 7.09. The second kappa shape index (κ2) is 9.57. The number of carbonyl (C=O) groups excluding carboxylic acids is 1. The molecule has 0 saturated heterocycles. The van der Waals surface area contributed by atoms with Crippen molar-refractivity contribution in [1.29, 1.82) is 0 Å². The molecule has 3 aromatic rings. The van der Waals surface area contributed by atoms with Crippen LogP contribution in [0.5, 0.6) is 0 Å². The van der Waals surface area contributed by atoms with Crippen LogP contribution in [-0.2, 0) is 6.54 Å². The Labute approximate surface area is 206 Å². The predicted octanol–water partition coefficient (Wildman–Crippen LogP) is 5.39. The number of carbonyl (C=O) groups is 1. The lowest BCUT2D eigenvalue weighted by molar-refractivity contribution is 0.0900. The third kappa shape index (κ3) is 4.51. The summed E-state index contributed by atoms with van der Waals surface area (Å²) in [5.74, 6) is -0.478. The molecule has 2 atom stereocenters. The highest BCUT2D eigenvalue weighted by atomic mass is 32.2. The molecule has 2 unspecified atom stereocenters. The Morgan fingerprint density at radius 2 is 1.97 bits per heavy atom. The molecule has 0 radical (unpaired) electrons. The summed E-state index contributed by atoms with van der Waals surface area (Å²) >= 11 is 1.62. The molecule has 0 spiro atoms. The van der Waals surface area contributed by atoms with Crippen molar-refractivity contribution in [2.45, 2.75) is 51.7 Å². The minimum Gasteiger partial charge on any atom is -0.345 e. The van der Waals surface area contributed by atoms with E-state index in [-0.39, 0.29) is 46.7 Å². The van der Waals surface area contributed by atoms with Gasteiger partial charge in [-0.3, -0.25) is 14.6 Å². The zero-order valence-electron chi connectivity index (χ0n) is 19.7. The van der Waals surface area contributed by atoms with Gasteiger partial charge in [-0.15, -0.1) is 11.8 Å². The van der Waals surface area contributed by atoms with Crippen molar-refractivity contribution in [2.24, 2.45) is 10.9 Å². The van der Waals surface area contributed by atoms with E-state index in [9.17, 15) is 18.4 Å². The van der Waals surface area contributed by atoms with Crippen LogP contribution in [0.2, 0.25) is 0 Å². The monoisotopic (exact) mass is 495 g/mol. The van der Waals surface area contributed by atoms with Crippen LogP contribution >= 0.6 is 11.8 Å². The van der Waals surface area contributed by atoms with E-state index in [1.165, 1.54) is 28.8 Å². The van der Waals surface area contributed by atoms with Gasteiger partial charge in [0.25, 0.3) is 11.5 Å². The number of halogens is 2. The Morgan fingerprint density at radius 1 is 1.20 bits per heavy atom. The minimum atomic E-state index is -0.656. The third-order valence-corrected chi connectivity index (χ3v) is 8.17. The van der Waals surface area contributed by atoms with Crippen LogP contribution in [0.15, 0.2) is 52.3 Å². The fourth-order valence-corrected chi connectivity index (χ4v) is 5.92. The van der Waals surface area contributed by atoms with Crippen LogP contribution in [-0.4, -0.2) is 27.3 Å². The van der Waals surface area contributed by atoms with Crippen LogP contribution in [0.4, 0.5) is 8.78 Å². The first-order chi connectivity index (χ1) is 16.8. The number of aromatic nitrogens is 1. The molecule has 2 aromatic carbocycles. The van der Waals surface area contributed by atoms with Gasteiger partial charge in [-0.2, -0.15) is 0 Å². The Kier molecular flexibility index (Phi) is 6.49. The van der Waals surface area contributed by atoms with Gasteiger partial charge in [-0.25, -0.2) is 8.78 Å². The number of amides is 1. The maximum atomic E-state index is 14.9. The Bertz CT molecular complexity index is 1400. The fraction of sp³-hybridized carbons (Fsp3) is 0.370. The number of nitrogens with zero attached hydrogens (tertiary/aromatic N) is 2. The molecular weight excluding hydrogens is 468 g/mol. The van der Waals surface area contributed by atoms with E-state index in [4.69, 9.17) is 0 Å². The molecule has 2 aliphatic rings. The first kappa shape index (κ1) is 23.7. The standard InChI is InChI=1S/C27H27F2N3O2S/c1-15-23(26(33)31-25(17-6-3-7-17)18-8-4-9-19(28)12-18)21-10-5-11-22(29)24(21)27(34)32(15)13-20-14-35-16(2)30-20/h4-5,8-12,17,20,25H,3,6-7,13-14H2,1-2H3,(H,31,33). The van der Waals surface area contributed by atoms with Crippen molar-refractivity contribution in [2.75, 3.05) is 5.75 Å². The number of nitrogens with one attached hydrogen (secondary N) is 1. The molecule has 1 aliphatic heterocycles. The van der Waals surface area contributed by atoms with Gasteiger partial charge in [0.05, 0.1) is 28.1 Å². The van der Waals surface area contributed by atoms with Gasteiger partial charge in [-0.1, -0.05) is 30.7 Å². The topological polar surface area (TPSA) is 63.5 Å². The Morgan fingerprint density at radius 3 is 2.63 bits per heavy atom. The number of pyridine rings is 1. The van der Waals surface area contributed by atoms with Crippen LogP contribution in [0.3, 0.4) is 0 Å². The van der Waals surface area contributed by atoms with Crippen LogP contribution in [0.25, 0.3) is 10.8 Å². The molecule has 1 amide bonds. The summed E-state index contributed by atoms with van der Waals surface area (Å²) in [6.45, 7) is 3.92. The highest BCUT2D eigenvalue weighted by molar-refractivity contribution is 8.14. The van der Waals surface area contributed by atoms with Crippen molar-refractivity contribution < 1.29 is 13.6 Å². The summed E-state index contributed by atoms with van der Waals surface area (Å²) in [6.07, 6.45) is 2.93. The summed E-state index contributed by atoms with van der Waals surface area (Å²) < 4.78 is 30.4. The molecule has 1 aliphatic carbocycles. The van der Waals surface area contributed by atoms with E-state index in [0.29, 0.717) is 11.3 Å². The second-order valence-electron chi connectivity index (χ2n) is 9.35. The molecule has 5 nitrogen and oxygen atoms in total. The van der Waals surface area contributed by atoms with E-state index < -0.39 is 17.3 Å². The van der Waals surface area contributed by atoms with E-state index in [1.54, 1.807) is 30.8 Å². The van der Waals surface area contributed by atoms with Gasteiger partial charge in [0.15, 0.2) is 0 Å². The lowest BCUT2D eigenvalue weighted by Gasteiger charge is -2.35. The van der Waals surface area contributed by atoms with Crippen molar-refractivity contribution in [3.8, 4) is 0 Å². The molecule has 8 heteroatoms. The molecule has 35 heavy (non-hydrogen) atoms. The lowest BCUT2D eigenvalue weighted by Crippen LogP contribution is -2.38. The highest BCUT2D eigenvalue weighted by Crippen LogP contribution is 2.38. The summed E-state index contributed by atoms with van der Waals surface area (Å²) in [7, 11) is 0. The molecule has 1 aromatic heterocycles. The van der Waals surface area contributed by atoms with Crippen LogP contribution < -0.4 is 10.9 Å². The maximum absolute atomic E-state index is 14.9. The van der Waals surface area contributed by atoms with Gasteiger partial charge >= 0.3 is 0 Å². The summed E-state index contributed by atoms with van der Waals surface area (Å²) in [5, 5.41) is 4.24. The van der Waals surface area contributed by atoms with Crippen molar-refractivity contribution in [3.05, 3.63) is 81.3 Å². The minimum absolute atomic E-state index is 0.0967. The summed E-state index contributed by atoms with van der Waals surface area (Å²) in [6, 6.07) is 10.2. The maximum Gasteiger partial charge on any atom is 0.261 e. The van der Waals surface area contributed by atoms with Gasteiger partial charge in [0.2, 0.25) is 0 Å². The fourth-order valence-electron chi connectivity index (χ4n) is 5.09. The van der Waals surface area contributed by atoms with Gasteiger partial charge in [0, 0.05) is 23.4 Å². The number of rotatable bonds is 6. The highest BCUT2D eigenvalue weighted by Gasteiger charge is 2.32. The van der Waals surface area contributed by atoms with Gasteiger partial charge in [0.1, 0.15) is 11.6 Å². The molecule has 0 bridgehead atoms. The van der Waals surface area contributed by atoms with Crippen LogP contribution in [0, 0.1) is 24.5 Å². The number of hydrogen-bond donors (Lipinski definition) is 1. The second-order valence-corrected chi connectivity index (χ2v) is 10.6. The Balaban J connectivity index is 1.60. The molecule has 1 saturated carbocycles. The smallest absolute Gasteiger partial charge is 0.261 e. The van der Waals surface area contributed by atoms with E-state index in [1.807, 2.05) is 13.0 Å². The van der Waals surface area contributed by atoms with Crippen molar-refractivity contribution in [3.63, 3.8) is 0 Å². The van der Waals surface area contributed by atoms with E-state index in [0.717, 1.165) is 30.1 Å².